The van der Waals surface area contributed by atoms with E-state index in [1.165, 1.54) is 5.56 Å². The highest BCUT2D eigenvalue weighted by Crippen LogP contribution is 2.19. The SMILES string of the molecule is CCc1ccc2nc(-c3cnc(C)cn3)[nH]c2c1. The van der Waals surface area contributed by atoms with E-state index in [9.17, 15) is 0 Å². The van der Waals surface area contributed by atoms with Crippen molar-refractivity contribution in [3.05, 3.63) is 41.9 Å². The minimum Gasteiger partial charge on any atom is -0.337 e. The molecule has 0 radical (unpaired) electrons. The molecule has 4 heteroatoms. The fourth-order valence-corrected chi connectivity index (χ4v) is 1.91. The molecule has 0 bridgehead atoms. The molecule has 0 amide bonds. The quantitative estimate of drug-likeness (QED) is 0.746. The van der Waals surface area contributed by atoms with Crippen LogP contribution in [0.1, 0.15) is 18.2 Å². The maximum atomic E-state index is 4.53. The third-order valence-corrected chi connectivity index (χ3v) is 2.98. The number of aryl methyl sites for hydroxylation is 2. The second kappa shape index (κ2) is 4.22. The van der Waals surface area contributed by atoms with Gasteiger partial charge < -0.3 is 4.98 Å². The predicted molar refractivity (Wildman–Crippen MR) is 71.2 cm³/mol. The molecule has 0 saturated heterocycles. The largest absolute Gasteiger partial charge is 0.337 e. The van der Waals surface area contributed by atoms with Crippen LogP contribution in [0.2, 0.25) is 0 Å². The molecule has 1 N–H and O–H groups in total. The number of benzene rings is 1. The van der Waals surface area contributed by atoms with Crippen molar-refractivity contribution in [3.8, 4) is 11.5 Å². The average Bonchev–Trinajstić information content (AvgIpc) is 2.82. The van der Waals surface area contributed by atoms with Gasteiger partial charge in [0.2, 0.25) is 0 Å². The predicted octanol–water partition coefficient (Wildman–Crippen LogP) is 2.89. The van der Waals surface area contributed by atoms with E-state index >= 15 is 0 Å². The molecule has 2 aromatic heterocycles. The van der Waals surface area contributed by atoms with Crippen molar-refractivity contribution in [1.29, 1.82) is 0 Å². The zero-order chi connectivity index (χ0) is 12.5. The lowest BCUT2D eigenvalue weighted by Crippen LogP contribution is -1.89. The Bertz CT molecular complexity index is 683. The Labute approximate surface area is 105 Å². The van der Waals surface area contributed by atoms with Gasteiger partial charge in [-0.1, -0.05) is 13.0 Å². The normalized spacial score (nSPS) is 11.0. The molecule has 0 spiro atoms. The monoisotopic (exact) mass is 238 g/mol. The second-order valence-corrected chi connectivity index (χ2v) is 4.33. The van der Waals surface area contributed by atoms with Crippen LogP contribution in [0.4, 0.5) is 0 Å². The Morgan fingerprint density at radius 1 is 1.17 bits per heavy atom. The van der Waals surface area contributed by atoms with Crippen molar-refractivity contribution < 1.29 is 0 Å². The fourth-order valence-electron chi connectivity index (χ4n) is 1.91. The first-order valence-electron chi connectivity index (χ1n) is 6.04. The topological polar surface area (TPSA) is 54.5 Å². The van der Waals surface area contributed by atoms with Crippen LogP contribution >= 0.6 is 0 Å². The first kappa shape index (κ1) is 10.9. The Kier molecular flexibility index (Phi) is 2.55. The van der Waals surface area contributed by atoms with E-state index in [0.717, 1.165) is 34.7 Å². The molecule has 0 aliphatic rings. The minimum atomic E-state index is 0.769. The third kappa shape index (κ3) is 1.86. The number of H-pyrrole nitrogens is 1. The summed E-state index contributed by atoms with van der Waals surface area (Å²) in [6.45, 7) is 4.06. The molecule has 0 unspecified atom stereocenters. The van der Waals surface area contributed by atoms with E-state index in [1.54, 1.807) is 12.4 Å². The lowest BCUT2D eigenvalue weighted by atomic mass is 10.1. The molecule has 3 aromatic rings. The van der Waals surface area contributed by atoms with E-state index in [4.69, 9.17) is 0 Å². The number of aromatic amines is 1. The average molecular weight is 238 g/mol. The summed E-state index contributed by atoms with van der Waals surface area (Å²) >= 11 is 0. The molecule has 3 rings (SSSR count). The number of imidazole rings is 1. The highest BCUT2D eigenvalue weighted by molar-refractivity contribution is 5.79. The van der Waals surface area contributed by atoms with Crippen molar-refractivity contribution in [1.82, 2.24) is 19.9 Å². The van der Waals surface area contributed by atoms with Crippen LogP contribution in [-0.4, -0.2) is 19.9 Å². The van der Waals surface area contributed by atoms with Crippen LogP contribution in [0.3, 0.4) is 0 Å². The van der Waals surface area contributed by atoms with Gasteiger partial charge in [0.15, 0.2) is 5.82 Å². The van der Waals surface area contributed by atoms with Gasteiger partial charge in [-0.25, -0.2) is 9.97 Å². The van der Waals surface area contributed by atoms with Crippen molar-refractivity contribution in [3.63, 3.8) is 0 Å². The van der Waals surface area contributed by atoms with E-state index < -0.39 is 0 Å². The zero-order valence-electron chi connectivity index (χ0n) is 10.4. The summed E-state index contributed by atoms with van der Waals surface area (Å²) in [7, 11) is 0. The molecule has 0 fully saturated rings. The molecule has 0 saturated carbocycles. The molecule has 0 atom stereocenters. The molecular formula is C14H14N4. The van der Waals surface area contributed by atoms with Crippen molar-refractivity contribution in [2.75, 3.05) is 0 Å². The standard InChI is InChI=1S/C14H14N4/c1-3-10-4-5-11-12(6-10)18-14(17-11)13-8-15-9(2)7-16-13/h4-8H,3H2,1-2H3,(H,17,18). The summed E-state index contributed by atoms with van der Waals surface area (Å²) in [4.78, 5) is 16.4. The highest BCUT2D eigenvalue weighted by Gasteiger charge is 2.06. The molecule has 18 heavy (non-hydrogen) atoms. The molecule has 0 aliphatic heterocycles. The Balaban J connectivity index is 2.10. The first-order valence-corrected chi connectivity index (χ1v) is 6.04. The van der Waals surface area contributed by atoms with Crippen LogP contribution in [0.5, 0.6) is 0 Å². The van der Waals surface area contributed by atoms with Crippen molar-refractivity contribution in [2.24, 2.45) is 0 Å². The summed E-state index contributed by atoms with van der Waals surface area (Å²) in [5.74, 6) is 0.769. The first-order chi connectivity index (χ1) is 8.76. The lowest BCUT2D eigenvalue weighted by molar-refractivity contribution is 1.10. The summed E-state index contributed by atoms with van der Waals surface area (Å²) in [5, 5.41) is 0. The van der Waals surface area contributed by atoms with Crippen molar-refractivity contribution in [2.45, 2.75) is 20.3 Å². The van der Waals surface area contributed by atoms with Crippen LogP contribution in [0, 0.1) is 6.92 Å². The van der Waals surface area contributed by atoms with E-state index in [-0.39, 0.29) is 0 Å². The lowest BCUT2D eigenvalue weighted by Gasteiger charge is -1.95. The van der Waals surface area contributed by atoms with Gasteiger partial charge >= 0.3 is 0 Å². The summed E-state index contributed by atoms with van der Waals surface area (Å²) in [6, 6.07) is 6.27. The number of aromatic nitrogens is 4. The Morgan fingerprint density at radius 3 is 2.78 bits per heavy atom. The van der Waals surface area contributed by atoms with Gasteiger partial charge in [-0.15, -0.1) is 0 Å². The molecule has 1 aromatic carbocycles. The van der Waals surface area contributed by atoms with Gasteiger partial charge in [0.25, 0.3) is 0 Å². The number of rotatable bonds is 2. The third-order valence-electron chi connectivity index (χ3n) is 2.98. The molecule has 4 nitrogen and oxygen atoms in total. The highest BCUT2D eigenvalue weighted by atomic mass is 15.0. The summed E-state index contributed by atoms with van der Waals surface area (Å²) in [5.41, 5.74) is 4.99. The van der Waals surface area contributed by atoms with Gasteiger partial charge in [-0.2, -0.15) is 0 Å². The van der Waals surface area contributed by atoms with Crippen LogP contribution in [0.15, 0.2) is 30.6 Å². The van der Waals surface area contributed by atoms with Gasteiger partial charge in [-0.3, -0.25) is 4.98 Å². The van der Waals surface area contributed by atoms with Crippen molar-refractivity contribution >= 4 is 11.0 Å². The minimum absolute atomic E-state index is 0.769. The fraction of sp³-hybridized carbons (Fsp3) is 0.214. The molecular weight excluding hydrogens is 224 g/mol. The smallest absolute Gasteiger partial charge is 0.158 e. The number of hydrogen-bond acceptors (Lipinski definition) is 3. The van der Waals surface area contributed by atoms with E-state index in [1.807, 2.05) is 13.0 Å². The Hall–Kier alpha value is -2.23. The second-order valence-electron chi connectivity index (χ2n) is 4.33. The molecule has 0 aliphatic carbocycles. The van der Waals surface area contributed by atoms with Gasteiger partial charge in [0.1, 0.15) is 5.69 Å². The molecule has 2 heterocycles. The number of hydrogen-bond donors (Lipinski definition) is 1. The van der Waals surface area contributed by atoms with Crippen LogP contribution in [0.25, 0.3) is 22.6 Å². The van der Waals surface area contributed by atoms with E-state index in [2.05, 4.69) is 39.0 Å². The van der Waals surface area contributed by atoms with Crippen LogP contribution in [-0.2, 0) is 6.42 Å². The van der Waals surface area contributed by atoms with Gasteiger partial charge in [0, 0.05) is 6.20 Å². The zero-order valence-corrected chi connectivity index (χ0v) is 10.4. The maximum Gasteiger partial charge on any atom is 0.158 e. The Morgan fingerprint density at radius 2 is 2.06 bits per heavy atom. The van der Waals surface area contributed by atoms with Gasteiger partial charge in [-0.05, 0) is 31.0 Å². The van der Waals surface area contributed by atoms with Gasteiger partial charge in [0.05, 0.1) is 22.9 Å². The molecule has 90 valence electrons. The summed E-state index contributed by atoms with van der Waals surface area (Å²) in [6.07, 6.45) is 4.52. The number of nitrogens with zero attached hydrogens (tertiary/aromatic N) is 3. The summed E-state index contributed by atoms with van der Waals surface area (Å²) < 4.78 is 0. The maximum absolute atomic E-state index is 4.53. The number of nitrogens with one attached hydrogen (secondary N) is 1. The van der Waals surface area contributed by atoms with Crippen LogP contribution < -0.4 is 0 Å². The number of fused-ring (bicyclic) bond motifs is 1. The van der Waals surface area contributed by atoms with E-state index in [0.29, 0.717) is 0 Å².